The number of carbonyl (C=O) groups is 3. The lowest BCUT2D eigenvalue weighted by Crippen LogP contribution is -2.50. The first-order valence-corrected chi connectivity index (χ1v) is 14.1. The van der Waals surface area contributed by atoms with E-state index in [9.17, 15) is 14.4 Å². The third kappa shape index (κ3) is 7.17. The van der Waals surface area contributed by atoms with Crippen LogP contribution in [0.1, 0.15) is 50.5 Å². The van der Waals surface area contributed by atoms with Gasteiger partial charge < -0.3 is 16.0 Å². The molecule has 1 heterocycles. The molecule has 3 N–H and O–H groups in total. The van der Waals surface area contributed by atoms with Crippen LogP contribution in [0.4, 0.5) is 0 Å². The Bertz CT molecular complexity index is 1200. The number of likely N-dealkylation sites (tertiary alicyclic amines) is 1. The van der Waals surface area contributed by atoms with E-state index in [1.54, 1.807) is 18.2 Å². The van der Waals surface area contributed by atoms with Crippen molar-refractivity contribution in [2.75, 3.05) is 6.54 Å². The molecule has 0 radical (unpaired) electrons. The molecule has 1 aliphatic carbocycles. The molecule has 0 unspecified atom stereocenters. The van der Waals surface area contributed by atoms with E-state index in [1.165, 1.54) is 0 Å². The Labute approximate surface area is 234 Å². The molecule has 4 rings (SSSR count). The summed E-state index contributed by atoms with van der Waals surface area (Å²) in [5.74, 6) is -1.60. The second kappa shape index (κ2) is 12.8. The summed E-state index contributed by atoms with van der Waals surface area (Å²) in [7, 11) is 0. The fraction of sp³-hybridized carbons (Fsp3) is 0.433. The highest BCUT2D eigenvalue weighted by Crippen LogP contribution is 2.38. The van der Waals surface area contributed by atoms with E-state index in [-0.39, 0.29) is 11.8 Å². The van der Waals surface area contributed by atoms with Crippen LogP contribution < -0.4 is 11.1 Å². The van der Waals surface area contributed by atoms with E-state index in [4.69, 9.17) is 28.9 Å². The molecule has 1 saturated carbocycles. The van der Waals surface area contributed by atoms with Gasteiger partial charge in [-0.3, -0.25) is 14.4 Å². The van der Waals surface area contributed by atoms with Crippen molar-refractivity contribution in [3.8, 4) is 11.1 Å². The third-order valence-electron chi connectivity index (χ3n) is 7.53. The molecule has 1 aliphatic heterocycles. The second-order valence-electron chi connectivity index (χ2n) is 10.5. The standard InChI is InChI=1S/C30H35Cl2N3O3/c1-2-6-24(28(33)36)25(16-19-10-11-19)29(37)34-27-9-3-4-14-35(30(27)38)18-20-7-5-8-21(15-20)23-13-12-22(31)17-26(23)32/h2,5,7-8,12-13,15,17,19,24-25,27H,1,3-4,6,9-11,14,16,18H2,(H2,33,36)(H,34,37)/t24-,25+,27-/m0/s1. The Morgan fingerprint density at radius 2 is 1.89 bits per heavy atom. The maximum Gasteiger partial charge on any atom is 0.245 e. The van der Waals surface area contributed by atoms with Gasteiger partial charge in [-0.2, -0.15) is 0 Å². The number of hydrogen-bond acceptors (Lipinski definition) is 3. The molecule has 2 aromatic carbocycles. The van der Waals surface area contributed by atoms with Gasteiger partial charge in [-0.05, 0) is 67.3 Å². The summed E-state index contributed by atoms with van der Waals surface area (Å²) in [5.41, 5.74) is 8.45. The Morgan fingerprint density at radius 1 is 1.11 bits per heavy atom. The summed E-state index contributed by atoms with van der Waals surface area (Å²) < 4.78 is 0. The number of rotatable bonds is 11. The van der Waals surface area contributed by atoms with Crippen molar-refractivity contribution in [1.29, 1.82) is 0 Å². The second-order valence-corrected chi connectivity index (χ2v) is 11.3. The molecule has 0 spiro atoms. The van der Waals surface area contributed by atoms with Gasteiger partial charge in [0.2, 0.25) is 17.7 Å². The summed E-state index contributed by atoms with van der Waals surface area (Å²) in [4.78, 5) is 41.0. The molecule has 0 bridgehead atoms. The first-order chi connectivity index (χ1) is 18.3. The van der Waals surface area contributed by atoms with Gasteiger partial charge in [-0.25, -0.2) is 0 Å². The average molecular weight is 557 g/mol. The largest absolute Gasteiger partial charge is 0.369 e. The van der Waals surface area contributed by atoms with Gasteiger partial charge in [0, 0.05) is 28.7 Å². The van der Waals surface area contributed by atoms with Crippen molar-refractivity contribution < 1.29 is 14.4 Å². The minimum atomic E-state index is -0.627. The Hall–Kier alpha value is -2.83. The zero-order chi connectivity index (χ0) is 27.2. The number of halogens is 2. The Balaban J connectivity index is 1.48. The van der Waals surface area contributed by atoms with Crippen LogP contribution in [0, 0.1) is 17.8 Å². The van der Waals surface area contributed by atoms with E-state index in [0.717, 1.165) is 42.4 Å². The van der Waals surface area contributed by atoms with Crippen LogP contribution in [-0.4, -0.2) is 35.2 Å². The average Bonchev–Trinajstić information content (AvgIpc) is 3.72. The smallest absolute Gasteiger partial charge is 0.245 e. The maximum absolute atomic E-state index is 13.6. The number of amides is 3. The number of allylic oxidation sites excluding steroid dienone is 1. The third-order valence-corrected chi connectivity index (χ3v) is 8.08. The molecule has 3 atom stereocenters. The predicted molar refractivity (Wildman–Crippen MR) is 151 cm³/mol. The summed E-state index contributed by atoms with van der Waals surface area (Å²) in [6.07, 6.45) is 6.95. The van der Waals surface area contributed by atoms with E-state index in [0.29, 0.717) is 48.3 Å². The number of hydrogen-bond donors (Lipinski definition) is 2. The van der Waals surface area contributed by atoms with E-state index in [1.807, 2.05) is 35.2 Å². The van der Waals surface area contributed by atoms with Crippen molar-refractivity contribution in [1.82, 2.24) is 10.2 Å². The fourth-order valence-corrected chi connectivity index (χ4v) is 5.80. The van der Waals surface area contributed by atoms with Crippen LogP contribution in [0.15, 0.2) is 55.1 Å². The highest BCUT2D eigenvalue weighted by atomic mass is 35.5. The van der Waals surface area contributed by atoms with Crippen LogP contribution >= 0.6 is 23.2 Å². The van der Waals surface area contributed by atoms with Crippen molar-refractivity contribution in [3.05, 3.63) is 70.7 Å². The molecule has 2 fully saturated rings. The van der Waals surface area contributed by atoms with E-state index in [2.05, 4.69) is 11.9 Å². The molecular weight excluding hydrogens is 521 g/mol. The predicted octanol–water partition coefficient (Wildman–Crippen LogP) is 5.75. The van der Waals surface area contributed by atoms with Gasteiger partial charge in [0.05, 0.1) is 11.8 Å². The van der Waals surface area contributed by atoms with Crippen LogP contribution in [0.5, 0.6) is 0 Å². The van der Waals surface area contributed by atoms with Crippen molar-refractivity contribution >= 4 is 40.9 Å². The lowest BCUT2D eigenvalue weighted by atomic mass is 9.83. The minimum absolute atomic E-state index is 0.102. The SMILES string of the molecule is C=CC[C@H](C(N)=O)[C@@H](CC1CC1)C(=O)N[C@H]1CCCCN(Cc2cccc(-c3ccc(Cl)cc3Cl)c2)C1=O. The maximum atomic E-state index is 13.6. The summed E-state index contributed by atoms with van der Waals surface area (Å²) >= 11 is 12.5. The first-order valence-electron chi connectivity index (χ1n) is 13.3. The quantitative estimate of drug-likeness (QED) is 0.345. The number of carbonyl (C=O) groups excluding carboxylic acids is 3. The van der Waals surface area contributed by atoms with Gasteiger partial charge in [-0.1, -0.05) is 66.4 Å². The highest BCUT2D eigenvalue weighted by molar-refractivity contribution is 6.36. The van der Waals surface area contributed by atoms with Gasteiger partial charge in [-0.15, -0.1) is 6.58 Å². The van der Waals surface area contributed by atoms with E-state index >= 15 is 0 Å². The molecule has 3 amide bonds. The topological polar surface area (TPSA) is 92.5 Å². The van der Waals surface area contributed by atoms with Gasteiger partial charge in [0.15, 0.2) is 0 Å². The Kier molecular flexibility index (Phi) is 9.50. The normalized spacial score (nSPS) is 19.4. The number of benzene rings is 2. The van der Waals surface area contributed by atoms with Crippen molar-refractivity contribution in [2.45, 2.75) is 57.5 Å². The van der Waals surface area contributed by atoms with Crippen LogP contribution in [0.25, 0.3) is 11.1 Å². The van der Waals surface area contributed by atoms with Crippen LogP contribution in [-0.2, 0) is 20.9 Å². The van der Waals surface area contributed by atoms with Gasteiger partial charge >= 0.3 is 0 Å². The molecule has 38 heavy (non-hydrogen) atoms. The van der Waals surface area contributed by atoms with Crippen molar-refractivity contribution in [2.24, 2.45) is 23.5 Å². The molecule has 2 aromatic rings. The number of primary amides is 1. The van der Waals surface area contributed by atoms with Gasteiger partial charge in [0.25, 0.3) is 0 Å². The summed E-state index contributed by atoms with van der Waals surface area (Å²) in [6.45, 7) is 4.77. The highest BCUT2D eigenvalue weighted by Gasteiger charge is 2.38. The lowest BCUT2D eigenvalue weighted by molar-refractivity contribution is -0.139. The molecule has 6 nitrogen and oxygen atoms in total. The number of nitrogens with two attached hydrogens (primary N) is 1. The molecule has 0 aromatic heterocycles. The van der Waals surface area contributed by atoms with Crippen LogP contribution in [0.3, 0.4) is 0 Å². The zero-order valence-electron chi connectivity index (χ0n) is 21.5. The summed E-state index contributed by atoms with van der Waals surface area (Å²) in [5, 5.41) is 4.14. The number of nitrogens with zero attached hydrogens (tertiary/aromatic N) is 1. The number of nitrogens with one attached hydrogen (secondary N) is 1. The monoisotopic (exact) mass is 555 g/mol. The Morgan fingerprint density at radius 3 is 2.58 bits per heavy atom. The molecule has 2 aliphatic rings. The van der Waals surface area contributed by atoms with E-state index < -0.39 is 23.8 Å². The zero-order valence-corrected chi connectivity index (χ0v) is 23.0. The lowest BCUT2D eigenvalue weighted by Gasteiger charge is -2.28. The first kappa shape index (κ1) is 28.2. The van der Waals surface area contributed by atoms with Gasteiger partial charge in [0.1, 0.15) is 6.04 Å². The molecular formula is C30H35Cl2N3O3. The molecule has 202 valence electrons. The van der Waals surface area contributed by atoms with Crippen molar-refractivity contribution in [3.63, 3.8) is 0 Å². The summed E-state index contributed by atoms with van der Waals surface area (Å²) in [6, 6.07) is 12.7. The minimum Gasteiger partial charge on any atom is -0.369 e. The fourth-order valence-electron chi connectivity index (χ4n) is 5.28. The molecule has 1 saturated heterocycles. The van der Waals surface area contributed by atoms with Crippen LogP contribution in [0.2, 0.25) is 10.0 Å². The molecule has 8 heteroatoms.